The van der Waals surface area contributed by atoms with Gasteiger partial charge in [0.1, 0.15) is 5.75 Å². The molecular weight excluding hydrogens is 334 g/mol. The van der Waals surface area contributed by atoms with Crippen LogP contribution in [0.2, 0.25) is 0 Å². The number of carboxylic acids is 1. The third-order valence-corrected chi connectivity index (χ3v) is 4.65. The highest BCUT2D eigenvalue weighted by Crippen LogP contribution is 2.25. The maximum absolute atomic E-state index is 12.1. The van der Waals surface area contributed by atoms with Gasteiger partial charge in [-0.05, 0) is 62.8 Å². The van der Waals surface area contributed by atoms with Crippen LogP contribution < -0.4 is 10.1 Å². The second-order valence-corrected chi connectivity index (χ2v) is 7.01. The fourth-order valence-electron chi connectivity index (χ4n) is 2.94. The fourth-order valence-corrected chi connectivity index (χ4v) is 2.94. The molecular formula is C19H23N3O4. The van der Waals surface area contributed by atoms with Crippen LogP contribution in [0, 0.1) is 0 Å². The highest BCUT2D eigenvalue weighted by Gasteiger charge is 2.30. The molecule has 0 aliphatic heterocycles. The van der Waals surface area contributed by atoms with Gasteiger partial charge < -0.3 is 15.2 Å². The molecule has 0 saturated carbocycles. The molecule has 3 rings (SSSR count). The number of ether oxygens (including phenoxy) is 1. The van der Waals surface area contributed by atoms with E-state index in [1.54, 1.807) is 0 Å². The predicted octanol–water partition coefficient (Wildman–Crippen LogP) is 2.60. The molecule has 7 heteroatoms. The van der Waals surface area contributed by atoms with Crippen molar-refractivity contribution in [3.63, 3.8) is 0 Å². The number of carbonyl (C=O) groups excluding carboxylic acids is 1. The van der Waals surface area contributed by atoms with Crippen LogP contribution in [-0.4, -0.2) is 33.4 Å². The average molecular weight is 357 g/mol. The van der Waals surface area contributed by atoms with Crippen LogP contribution in [0.3, 0.4) is 0 Å². The predicted molar refractivity (Wildman–Crippen MR) is 96.4 cm³/mol. The van der Waals surface area contributed by atoms with Gasteiger partial charge in [0, 0.05) is 6.20 Å². The number of aryl methyl sites for hydroxylation is 2. The summed E-state index contributed by atoms with van der Waals surface area (Å²) in [5.74, 6) is -0.645. The molecule has 0 bridgehead atoms. The van der Waals surface area contributed by atoms with Gasteiger partial charge in [-0.3, -0.25) is 9.48 Å². The van der Waals surface area contributed by atoms with Crippen LogP contribution in [0.15, 0.2) is 30.6 Å². The van der Waals surface area contributed by atoms with Crippen molar-refractivity contribution < 1.29 is 19.4 Å². The van der Waals surface area contributed by atoms with Gasteiger partial charge in [-0.25, -0.2) is 4.79 Å². The number of aromatic nitrogens is 2. The number of anilines is 1. The molecule has 1 aromatic carbocycles. The number of nitrogens with one attached hydrogen (secondary N) is 1. The van der Waals surface area contributed by atoms with E-state index in [0.29, 0.717) is 11.4 Å². The molecule has 7 nitrogen and oxygen atoms in total. The molecule has 0 spiro atoms. The van der Waals surface area contributed by atoms with E-state index in [9.17, 15) is 14.7 Å². The first-order valence-electron chi connectivity index (χ1n) is 8.69. The van der Waals surface area contributed by atoms with Gasteiger partial charge in [0.25, 0.3) is 5.91 Å². The van der Waals surface area contributed by atoms with E-state index in [-0.39, 0.29) is 12.5 Å². The molecule has 1 amide bonds. The number of carboxylic acid groups (broad SMARTS) is 1. The largest absolute Gasteiger partial charge is 0.484 e. The maximum atomic E-state index is 12.1. The Kier molecular flexibility index (Phi) is 4.97. The lowest BCUT2D eigenvalue weighted by atomic mass is 9.92. The van der Waals surface area contributed by atoms with Crippen molar-refractivity contribution in [3.8, 4) is 5.75 Å². The third kappa shape index (κ3) is 3.87. The van der Waals surface area contributed by atoms with Gasteiger partial charge in [-0.1, -0.05) is 6.07 Å². The summed E-state index contributed by atoms with van der Waals surface area (Å²) in [6.07, 6.45) is 7.48. The number of amides is 1. The van der Waals surface area contributed by atoms with Crippen LogP contribution in [0.1, 0.15) is 37.8 Å². The number of hydrogen-bond donors (Lipinski definition) is 2. The first kappa shape index (κ1) is 18.0. The van der Waals surface area contributed by atoms with Gasteiger partial charge in [-0.15, -0.1) is 0 Å². The minimum atomic E-state index is -1.19. The highest BCUT2D eigenvalue weighted by atomic mass is 16.5. The fraction of sp³-hybridized carbons (Fsp3) is 0.421. The Labute approximate surface area is 152 Å². The van der Waals surface area contributed by atoms with Crippen molar-refractivity contribution in [2.45, 2.75) is 45.1 Å². The standard InChI is InChI=1S/C19H23N3O4/c1-19(2,18(24)25)22-11-15(10-20-22)21-17(23)12-26-16-8-7-13-5-3-4-6-14(13)9-16/h7-11H,3-6,12H2,1-2H3,(H,21,23)(H,24,25). The van der Waals surface area contributed by atoms with Gasteiger partial charge >= 0.3 is 5.97 Å². The zero-order chi connectivity index (χ0) is 18.7. The smallest absolute Gasteiger partial charge is 0.331 e. The number of fused-ring (bicyclic) bond motifs is 1. The molecule has 138 valence electrons. The van der Waals surface area contributed by atoms with E-state index in [2.05, 4.69) is 16.5 Å². The third-order valence-electron chi connectivity index (χ3n) is 4.65. The Morgan fingerprint density at radius 2 is 2.00 bits per heavy atom. The van der Waals surface area contributed by atoms with Crippen molar-refractivity contribution in [3.05, 3.63) is 41.7 Å². The maximum Gasteiger partial charge on any atom is 0.331 e. The molecule has 0 fully saturated rings. The van der Waals surface area contributed by atoms with Crippen LogP contribution in [-0.2, 0) is 28.0 Å². The lowest BCUT2D eigenvalue weighted by molar-refractivity contribution is -0.146. The lowest BCUT2D eigenvalue weighted by Gasteiger charge is -2.19. The molecule has 1 aliphatic rings. The zero-order valence-corrected chi connectivity index (χ0v) is 15.0. The number of carbonyl (C=O) groups is 2. The van der Waals surface area contributed by atoms with E-state index in [1.165, 1.54) is 54.9 Å². The molecule has 2 N–H and O–H groups in total. The van der Waals surface area contributed by atoms with E-state index in [4.69, 9.17) is 4.74 Å². The summed E-state index contributed by atoms with van der Waals surface area (Å²) >= 11 is 0. The summed E-state index contributed by atoms with van der Waals surface area (Å²) in [4.78, 5) is 23.3. The van der Waals surface area contributed by atoms with E-state index in [0.717, 1.165) is 12.8 Å². The van der Waals surface area contributed by atoms with Crippen molar-refractivity contribution in [2.75, 3.05) is 11.9 Å². The Bertz CT molecular complexity index is 826. The van der Waals surface area contributed by atoms with Crippen LogP contribution in [0.25, 0.3) is 0 Å². The van der Waals surface area contributed by atoms with Crippen molar-refractivity contribution in [2.24, 2.45) is 0 Å². The normalized spacial score (nSPS) is 13.8. The number of nitrogens with zero attached hydrogens (tertiary/aromatic N) is 2. The Morgan fingerprint density at radius 1 is 1.27 bits per heavy atom. The second-order valence-electron chi connectivity index (χ2n) is 7.01. The quantitative estimate of drug-likeness (QED) is 0.829. The highest BCUT2D eigenvalue weighted by molar-refractivity contribution is 5.91. The summed E-state index contributed by atoms with van der Waals surface area (Å²) in [6, 6.07) is 5.97. The Balaban J connectivity index is 1.56. The van der Waals surface area contributed by atoms with Crippen LogP contribution in [0.4, 0.5) is 5.69 Å². The van der Waals surface area contributed by atoms with E-state index in [1.807, 2.05) is 12.1 Å². The molecule has 1 aromatic heterocycles. The van der Waals surface area contributed by atoms with Crippen LogP contribution >= 0.6 is 0 Å². The number of benzene rings is 1. The van der Waals surface area contributed by atoms with Gasteiger partial charge in [0.15, 0.2) is 12.1 Å². The lowest BCUT2D eigenvalue weighted by Crippen LogP contribution is -2.35. The SMILES string of the molecule is CC(C)(C(=O)O)n1cc(NC(=O)COc2ccc3c(c2)CCCC3)cn1. The summed E-state index contributed by atoms with van der Waals surface area (Å²) in [7, 11) is 0. The number of rotatable bonds is 6. The summed E-state index contributed by atoms with van der Waals surface area (Å²) in [5.41, 5.74) is 1.90. The monoisotopic (exact) mass is 357 g/mol. The summed E-state index contributed by atoms with van der Waals surface area (Å²) in [6.45, 7) is 2.95. The van der Waals surface area contributed by atoms with Crippen molar-refractivity contribution >= 4 is 17.6 Å². The van der Waals surface area contributed by atoms with Gasteiger partial charge in [0.2, 0.25) is 0 Å². The first-order chi connectivity index (χ1) is 12.4. The molecule has 0 saturated heterocycles. The minimum absolute atomic E-state index is 0.119. The van der Waals surface area contributed by atoms with Gasteiger partial charge in [-0.2, -0.15) is 5.10 Å². The Morgan fingerprint density at radius 3 is 2.73 bits per heavy atom. The second kappa shape index (κ2) is 7.19. The molecule has 1 aliphatic carbocycles. The topological polar surface area (TPSA) is 93.5 Å². The minimum Gasteiger partial charge on any atom is -0.484 e. The van der Waals surface area contributed by atoms with E-state index < -0.39 is 11.5 Å². The first-order valence-corrected chi connectivity index (χ1v) is 8.69. The number of aliphatic carboxylic acids is 1. The molecule has 0 atom stereocenters. The van der Waals surface area contributed by atoms with E-state index >= 15 is 0 Å². The summed E-state index contributed by atoms with van der Waals surface area (Å²) < 4.78 is 6.89. The molecule has 0 radical (unpaired) electrons. The summed E-state index contributed by atoms with van der Waals surface area (Å²) in [5, 5.41) is 15.9. The molecule has 0 unspecified atom stereocenters. The zero-order valence-electron chi connectivity index (χ0n) is 15.0. The van der Waals surface area contributed by atoms with Crippen molar-refractivity contribution in [1.82, 2.24) is 9.78 Å². The Hall–Kier alpha value is -2.83. The molecule has 26 heavy (non-hydrogen) atoms. The van der Waals surface area contributed by atoms with Gasteiger partial charge in [0.05, 0.1) is 11.9 Å². The van der Waals surface area contributed by atoms with Crippen LogP contribution in [0.5, 0.6) is 5.75 Å². The molecule has 1 heterocycles. The molecule has 2 aromatic rings. The van der Waals surface area contributed by atoms with Crippen molar-refractivity contribution in [1.29, 1.82) is 0 Å². The average Bonchev–Trinajstić information content (AvgIpc) is 3.09. The number of hydrogen-bond acceptors (Lipinski definition) is 4.